The smallest absolute Gasteiger partial charge is 0.00826 e. The van der Waals surface area contributed by atoms with Crippen LogP contribution in [0, 0.1) is 12.3 Å². The van der Waals surface area contributed by atoms with Crippen LogP contribution in [0.3, 0.4) is 0 Å². The van der Waals surface area contributed by atoms with Crippen LogP contribution in [-0.2, 0) is 0 Å². The van der Waals surface area contributed by atoms with Crippen molar-refractivity contribution in [2.75, 3.05) is 0 Å². The van der Waals surface area contributed by atoms with Gasteiger partial charge in [0.15, 0.2) is 0 Å². The first-order valence-corrected chi connectivity index (χ1v) is 4.94. The topological polar surface area (TPSA) is 0 Å². The van der Waals surface area contributed by atoms with E-state index in [1.54, 1.807) is 0 Å². The van der Waals surface area contributed by atoms with E-state index >= 15 is 0 Å². The monoisotopic (exact) mass is 163 g/mol. The molecule has 0 aliphatic heterocycles. The van der Waals surface area contributed by atoms with E-state index < -0.39 is 0 Å². The molecule has 12 heavy (non-hydrogen) atoms. The van der Waals surface area contributed by atoms with Crippen LogP contribution in [-0.4, -0.2) is 0 Å². The third kappa shape index (κ3) is 2.23. The van der Waals surface area contributed by atoms with Crippen LogP contribution >= 0.6 is 0 Å². The van der Waals surface area contributed by atoms with Gasteiger partial charge >= 0.3 is 0 Å². The fraction of sp³-hybridized carbons (Fsp3) is 0.583. The lowest BCUT2D eigenvalue weighted by molar-refractivity contribution is 0.468. The van der Waals surface area contributed by atoms with E-state index in [2.05, 4.69) is 39.0 Å². The molecule has 0 N–H and O–H groups in total. The van der Waals surface area contributed by atoms with E-state index in [4.69, 9.17) is 0 Å². The van der Waals surface area contributed by atoms with Gasteiger partial charge in [-0.2, -0.15) is 0 Å². The molecule has 67 valence electrons. The summed E-state index contributed by atoms with van der Waals surface area (Å²) in [6, 6.07) is 0. The second-order valence-corrected chi connectivity index (χ2v) is 3.78. The van der Waals surface area contributed by atoms with Crippen molar-refractivity contribution in [3.05, 3.63) is 30.7 Å². The van der Waals surface area contributed by atoms with Crippen molar-refractivity contribution >= 4 is 0 Å². The Morgan fingerprint density at radius 1 is 1.50 bits per heavy atom. The Bertz CT molecular complexity index is 198. The predicted molar refractivity (Wildman–Crippen MR) is 54.8 cm³/mol. The van der Waals surface area contributed by atoms with Gasteiger partial charge in [-0.3, -0.25) is 0 Å². The van der Waals surface area contributed by atoms with Gasteiger partial charge < -0.3 is 0 Å². The third-order valence-corrected chi connectivity index (χ3v) is 2.66. The molecule has 1 aliphatic rings. The number of allylic oxidation sites excluding steroid dienone is 4. The summed E-state index contributed by atoms with van der Waals surface area (Å²) in [6.07, 6.45) is 11.6. The standard InChI is InChI=1S/C12H19/c1-4-6-11-7-9-12(3,5-2)10-8-11/h7-9H,3-6,10H2,1-2H3. The molecule has 0 aromatic rings. The van der Waals surface area contributed by atoms with Crippen LogP contribution < -0.4 is 0 Å². The Hall–Kier alpha value is -0.520. The van der Waals surface area contributed by atoms with Crippen molar-refractivity contribution in [3.8, 4) is 0 Å². The molecule has 1 atom stereocenters. The molecule has 0 aromatic carbocycles. The fourth-order valence-electron chi connectivity index (χ4n) is 1.49. The molecule has 0 heteroatoms. The molecule has 1 radical (unpaired) electrons. The van der Waals surface area contributed by atoms with Gasteiger partial charge in [-0.1, -0.05) is 44.1 Å². The van der Waals surface area contributed by atoms with Crippen molar-refractivity contribution in [3.63, 3.8) is 0 Å². The van der Waals surface area contributed by atoms with Crippen LogP contribution in [0.25, 0.3) is 0 Å². The maximum Gasteiger partial charge on any atom is -0.00826 e. The van der Waals surface area contributed by atoms with Gasteiger partial charge in [0, 0.05) is 0 Å². The van der Waals surface area contributed by atoms with Crippen molar-refractivity contribution in [2.45, 2.75) is 39.5 Å². The Balaban J connectivity index is 2.55. The second kappa shape index (κ2) is 3.93. The normalized spacial score (nSPS) is 28.8. The van der Waals surface area contributed by atoms with Crippen molar-refractivity contribution in [1.29, 1.82) is 0 Å². The molecular formula is C12H19. The van der Waals surface area contributed by atoms with Crippen molar-refractivity contribution in [2.24, 2.45) is 5.41 Å². The molecule has 0 nitrogen and oxygen atoms in total. The minimum atomic E-state index is 0.192. The molecular weight excluding hydrogens is 144 g/mol. The maximum atomic E-state index is 4.21. The highest BCUT2D eigenvalue weighted by Crippen LogP contribution is 2.32. The highest BCUT2D eigenvalue weighted by molar-refractivity contribution is 5.27. The van der Waals surface area contributed by atoms with Crippen molar-refractivity contribution in [1.82, 2.24) is 0 Å². The zero-order valence-corrected chi connectivity index (χ0v) is 8.27. The third-order valence-electron chi connectivity index (χ3n) is 2.66. The largest absolute Gasteiger partial charge is 0.0805 e. The zero-order chi connectivity index (χ0) is 9.03. The highest BCUT2D eigenvalue weighted by Gasteiger charge is 2.19. The fourth-order valence-corrected chi connectivity index (χ4v) is 1.49. The van der Waals surface area contributed by atoms with Crippen LogP contribution in [0.1, 0.15) is 39.5 Å². The average molecular weight is 163 g/mol. The molecule has 0 saturated carbocycles. The first-order chi connectivity index (χ1) is 5.70. The van der Waals surface area contributed by atoms with Crippen LogP contribution in [0.4, 0.5) is 0 Å². The minimum Gasteiger partial charge on any atom is -0.0805 e. The van der Waals surface area contributed by atoms with Gasteiger partial charge in [-0.25, -0.2) is 0 Å². The lowest BCUT2D eigenvalue weighted by Crippen LogP contribution is -2.13. The molecule has 1 rings (SSSR count). The molecule has 0 heterocycles. The molecule has 1 aliphatic carbocycles. The number of hydrogen-bond acceptors (Lipinski definition) is 0. The first-order valence-electron chi connectivity index (χ1n) is 4.94. The summed E-state index contributed by atoms with van der Waals surface area (Å²) in [4.78, 5) is 0. The van der Waals surface area contributed by atoms with Crippen molar-refractivity contribution < 1.29 is 0 Å². The summed E-state index contributed by atoms with van der Waals surface area (Å²) in [5.74, 6) is 0. The zero-order valence-electron chi connectivity index (χ0n) is 8.27. The summed E-state index contributed by atoms with van der Waals surface area (Å²) in [5.41, 5.74) is 1.68. The Morgan fingerprint density at radius 2 is 2.25 bits per heavy atom. The van der Waals surface area contributed by atoms with Gasteiger partial charge in [-0.05, 0) is 31.6 Å². The number of rotatable bonds is 3. The summed E-state index contributed by atoms with van der Waals surface area (Å²) in [5, 5.41) is 0. The van der Waals surface area contributed by atoms with E-state index in [-0.39, 0.29) is 5.41 Å². The lowest BCUT2D eigenvalue weighted by Gasteiger charge is -2.26. The Labute approximate surface area is 76.4 Å². The first kappa shape index (κ1) is 9.57. The average Bonchev–Trinajstić information content (AvgIpc) is 2.10. The predicted octanol–water partition coefficient (Wildman–Crippen LogP) is 3.90. The summed E-state index contributed by atoms with van der Waals surface area (Å²) in [6.45, 7) is 8.64. The van der Waals surface area contributed by atoms with E-state index in [1.807, 2.05) is 0 Å². The quantitative estimate of drug-likeness (QED) is 0.592. The molecule has 0 spiro atoms. The van der Waals surface area contributed by atoms with Crippen LogP contribution in [0.2, 0.25) is 0 Å². The van der Waals surface area contributed by atoms with Crippen LogP contribution in [0.15, 0.2) is 23.8 Å². The van der Waals surface area contributed by atoms with Gasteiger partial charge in [0.05, 0.1) is 0 Å². The Morgan fingerprint density at radius 3 is 2.67 bits per heavy atom. The number of hydrogen-bond donors (Lipinski definition) is 0. The van der Waals surface area contributed by atoms with E-state index in [9.17, 15) is 0 Å². The molecule has 0 saturated heterocycles. The second-order valence-electron chi connectivity index (χ2n) is 3.78. The lowest BCUT2D eigenvalue weighted by atomic mass is 9.79. The minimum absolute atomic E-state index is 0.192. The summed E-state index contributed by atoms with van der Waals surface area (Å²) < 4.78 is 0. The van der Waals surface area contributed by atoms with Gasteiger partial charge in [0.2, 0.25) is 0 Å². The molecule has 0 amide bonds. The van der Waals surface area contributed by atoms with Crippen LogP contribution in [0.5, 0.6) is 0 Å². The summed E-state index contributed by atoms with van der Waals surface area (Å²) >= 11 is 0. The summed E-state index contributed by atoms with van der Waals surface area (Å²) in [7, 11) is 0. The van der Waals surface area contributed by atoms with E-state index in [1.165, 1.54) is 18.4 Å². The Kier molecular flexibility index (Phi) is 3.13. The van der Waals surface area contributed by atoms with Gasteiger partial charge in [0.25, 0.3) is 0 Å². The maximum absolute atomic E-state index is 4.21. The molecule has 0 fully saturated rings. The van der Waals surface area contributed by atoms with Gasteiger partial charge in [0.1, 0.15) is 0 Å². The van der Waals surface area contributed by atoms with Gasteiger partial charge in [-0.15, -0.1) is 0 Å². The highest BCUT2D eigenvalue weighted by atomic mass is 14.2. The van der Waals surface area contributed by atoms with E-state index in [0.717, 1.165) is 12.8 Å². The molecule has 1 unspecified atom stereocenters. The SMILES string of the molecule is [CH2]C1(CC)C=CC(CCC)=CC1. The van der Waals surface area contributed by atoms with E-state index in [0.29, 0.717) is 0 Å². The molecule has 0 bridgehead atoms. The molecule has 0 aromatic heterocycles.